The molecule has 3 nitrogen and oxygen atoms in total. The molecule has 6 heteroatoms. The van der Waals surface area contributed by atoms with Crippen molar-refractivity contribution in [3.05, 3.63) is 65.2 Å². The van der Waals surface area contributed by atoms with Gasteiger partial charge in [-0.25, -0.2) is 0 Å². The molecule has 2 aromatic carbocycles. The molecule has 1 N–H and O–H groups in total. The maximum atomic E-state index is 12.8. The molecule has 0 bridgehead atoms. The summed E-state index contributed by atoms with van der Waals surface area (Å²) in [4.78, 5) is 12.1. The molecule has 2 rings (SSSR count). The molecule has 0 aliphatic carbocycles. The average molecular weight is 351 g/mol. The Morgan fingerprint density at radius 3 is 2.44 bits per heavy atom. The van der Waals surface area contributed by atoms with Gasteiger partial charge in [-0.3, -0.25) is 4.79 Å². The number of nitrogens with one attached hydrogen (secondary N) is 1. The fourth-order valence-electron chi connectivity index (χ4n) is 2.42. The van der Waals surface area contributed by atoms with Crippen molar-refractivity contribution in [1.29, 1.82) is 0 Å². The molecule has 0 unspecified atom stereocenters. The second-order valence-electron chi connectivity index (χ2n) is 5.67. The van der Waals surface area contributed by atoms with Gasteiger partial charge in [0.25, 0.3) is 0 Å². The van der Waals surface area contributed by atoms with Crippen LogP contribution in [0.3, 0.4) is 0 Å². The average Bonchev–Trinajstić information content (AvgIpc) is 2.56. The second kappa shape index (κ2) is 8.05. The van der Waals surface area contributed by atoms with Crippen LogP contribution in [-0.2, 0) is 17.4 Å². The van der Waals surface area contributed by atoms with Crippen molar-refractivity contribution >= 4 is 5.91 Å². The molecular formula is C19H20F3NO2. The third-order valence-electron chi connectivity index (χ3n) is 3.69. The first-order chi connectivity index (χ1) is 11.8. The zero-order valence-corrected chi connectivity index (χ0v) is 14.1. The quantitative estimate of drug-likeness (QED) is 0.831. The van der Waals surface area contributed by atoms with Crippen molar-refractivity contribution < 1.29 is 22.7 Å². The van der Waals surface area contributed by atoms with Crippen molar-refractivity contribution in [3.8, 4) is 5.75 Å². The van der Waals surface area contributed by atoms with Gasteiger partial charge in [-0.15, -0.1) is 0 Å². The van der Waals surface area contributed by atoms with Crippen LogP contribution in [0.1, 0.15) is 36.6 Å². The first-order valence-corrected chi connectivity index (χ1v) is 7.98. The van der Waals surface area contributed by atoms with Gasteiger partial charge in [0.2, 0.25) is 5.91 Å². The molecule has 134 valence electrons. The van der Waals surface area contributed by atoms with Crippen LogP contribution in [-0.4, -0.2) is 12.5 Å². The van der Waals surface area contributed by atoms with E-state index in [4.69, 9.17) is 4.74 Å². The van der Waals surface area contributed by atoms with E-state index in [9.17, 15) is 18.0 Å². The topological polar surface area (TPSA) is 38.3 Å². The lowest BCUT2D eigenvalue weighted by molar-refractivity contribution is -0.137. The minimum atomic E-state index is -4.40. The standard InChI is InChI=1S/C19H20F3NO2/c1-3-25-17-9-7-14(8-10-17)11-18(24)23-13(2)15-5-4-6-16(12-15)19(20,21)22/h4-10,12-13H,3,11H2,1-2H3,(H,23,24)/t13-/m0/s1. The zero-order chi connectivity index (χ0) is 18.4. The van der Waals surface area contributed by atoms with Gasteiger partial charge in [0.15, 0.2) is 0 Å². The largest absolute Gasteiger partial charge is 0.494 e. The number of ether oxygens (including phenoxy) is 1. The van der Waals surface area contributed by atoms with Crippen LogP contribution < -0.4 is 10.1 Å². The molecule has 2 aromatic rings. The number of rotatable bonds is 6. The molecule has 1 amide bonds. The number of carbonyl (C=O) groups excluding carboxylic acids is 1. The molecule has 0 spiro atoms. The van der Waals surface area contributed by atoms with E-state index >= 15 is 0 Å². The fourth-order valence-corrected chi connectivity index (χ4v) is 2.42. The predicted octanol–water partition coefficient (Wildman–Crippen LogP) is 4.52. The molecule has 0 radical (unpaired) electrons. The highest BCUT2D eigenvalue weighted by molar-refractivity contribution is 5.79. The number of hydrogen-bond donors (Lipinski definition) is 1. The Kier molecular flexibility index (Phi) is 6.07. The van der Waals surface area contributed by atoms with Crippen LogP contribution >= 0.6 is 0 Å². The summed E-state index contributed by atoms with van der Waals surface area (Å²) in [6.45, 7) is 4.11. The highest BCUT2D eigenvalue weighted by Gasteiger charge is 2.30. The van der Waals surface area contributed by atoms with Gasteiger partial charge >= 0.3 is 6.18 Å². The van der Waals surface area contributed by atoms with Crippen molar-refractivity contribution in [1.82, 2.24) is 5.32 Å². The molecule has 0 saturated heterocycles. The van der Waals surface area contributed by atoms with Crippen LogP contribution in [0.15, 0.2) is 48.5 Å². The van der Waals surface area contributed by atoms with Gasteiger partial charge in [0, 0.05) is 0 Å². The van der Waals surface area contributed by atoms with Gasteiger partial charge in [-0.1, -0.05) is 24.3 Å². The number of halogens is 3. The summed E-state index contributed by atoms with van der Waals surface area (Å²) in [5, 5.41) is 2.73. The summed E-state index contributed by atoms with van der Waals surface area (Å²) >= 11 is 0. The number of benzene rings is 2. The molecule has 0 saturated carbocycles. The van der Waals surface area contributed by atoms with Crippen molar-refractivity contribution in [2.45, 2.75) is 32.5 Å². The number of hydrogen-bond acceptors (Lipinski definition) is 2. The predicted molar refractivity (Wildman–Crippen MR) is 89.3 cm³/mol. The van der Waals surface area contributed by atoms with Gasteiger partial charge in [0.05, 0.1) is 24.6 Å². The van der Waals surface area contributed by atoms with Crippen molar-refractivity contribution in [2.75, 3.05) is 6.61 Å². The molecule has 0 aliphatic rings. The van der Waals surface area contributed by atoms with E-state index in [1.165, 1.54) is 6.07 Å². The number of carbonyl (C=O) groups is 1. The SMILES string of the molecule is CCOc1ccc(CC(=O)N[C@@H](C)c2cccc(C(F)(F)F)c2)cc1. The Morgan fingerprint density at radius 2 is 1.84 bits per heavy atom. The lowest BCUT2D eigenvalue weighted by atomic mass is 10.0. The minimum Gasteiger partial charge on any atom is -0.494 e. The van der Waals surface area contributed by atoms with E-state index in [-0.39, 0.29) is 12.3 Å². The summed E-state index contributed by atoms with van der Waals surface area (Å²) in [5.74, 6) is 0.470. The highest BCUT2D eigenvalue weighted by atomic mass is 19.4. The minimum absolute atomic E-state index is 0.149. The number of amides is 1. The summed E-state index contributed by atoms with van der Waals surface area (Å²) in [7, 11) is 0. The lowest BCUT2D eigenvalue weighted by Gasteiger charge is -2.16. The third-order valence-corrected chi connectivity index (χ3v) is 3.69. The fraction of sp³-hybridized carbons (Fsp3) is 0.316. The maximum Gasteiger partial charge on any atom is 0.416 e. The summed E-state index contributed by atoms with van der Waals surface area (Å²) in [6, 6.07) is 11.6. The summed E-state index contributed by atoms with van der Waals surface area (Å²) in [5.41, 5.74) is 0.490. The Labute approximate surface area is 144 Å². The molecule has 25 heavy (non-hydrogen) atoms. The molecular weight excluding hydrogens is 331 g/mol. The van der Waals surface area contributed by atoms with E-state index in [1.807, 2.05) is 6.92 Å². The van der Waals surface area contributed by atoms with E-state index in [0.717, 1.165) is 23.4 Å². The highest BCUT2D eigenvalue weighted by Crippen LogP contribution is 2.30. The Balaban J connectivity index is 1.98. The smallest absolute Gasteiger partial charge is 0.416 e. The Hall–Kier alpha value is -2.50. The lowest BCUT2D eigenvalue weighted by Crippen LogP contribution is -2.28. The van der Waals surface area contributed by atoms with Crippen molar-refractivity contribution in [2.24, 2.45) is 0 Å². The first kappa shape index (κ1) is 18.8. The van der Waals surface area contributed by atoms with Crippen LogP contribution in [0.25, 0.3) is 0 Å². The van der Waals surface area contributed by atoms with Crippen molar-refractivity contribution in [3.63, 3.8) is 0 Å². The number of alkyl halides is 3. The third kappa shape index (κ3) is 5.52. The Bertz CT molecular complexity index is 711. The van der Waals surface area contributed by atoms with E-state index in [0.29, 0.717) is 12.2 Å². The van der Waals surface area contributed by atoms with E-state index < -0.39 is 17.8 Å². The van der Waals surface area contributed by atoms with Gasteiger partial charge in [0.1, 0.15) is 5.75 Å². The second-order valence-corrected chi connectivity index (χ2v) is 5.67. The summed E-state index contributed by atoms with van der Waals surface area (Å²) < 4.78 is 43.6. The van der Waals surface area contributed by atoms with Gasteiger partial charge < -0.3 is 10.1 Å². The van der Waals surface area contributed by atoms with Crippen LogP contribution in [0.2, 0.25) is 0 Å². The molecule has 0 aromatic heterocycles. The molecule has 0 fully saturated rings. The zero-order valence-electron chi connectivity index (χ0n) is 14.1. The molecule has 0 heterocycles. The summed E-state index contributed by atoms with van der Waals surface area (Å²) in [6.07, 6.45) is -4.25. The molecule has 0 aliphatic heterocycles. The van der Waals surface area contributed by atoms with Crippen LogP contribution in [0, 0.1) is 0 Å². The first-order valence-electron chi connectivity index (χ1n) is 7.98. The Morgan fingerprint density at radius 1 is 1.16 bits per heavy atom. The molecule has 1 atom stereocenters. The van der Waals surface area contributed by atoms with Crippen LogP contribution in [0.4, 0.5) is 13.2 Å². The maximum absolute atomic E-state index is 12.8. The normalized spacial score (nSPS) is 12.5. The van der Waals surface area contributed by atoms with Gasteiger partial charge in [-0.2, -0.15) is 13.2 Å². The van der Waals surface area contributed by atoms with E-state index in [1.54, 1.807) is 37.3 Å². The van der Waals surface area contributed by atoms with Gasteiger partial charge in [-0.05, 0) is 49.2 Å². The monoisotopic (exact) mass is 351 g/mol. The van der Waals surface area contributed by atoms with Crippen LogP contribution in [0.5, 0.6) is 5.75 Å². The van der Waals surface area contributed by atoms with E-state index in [2.05, 4.69) is 5.32 Å².